The van der Waals surface area contributed by atoms with Crippen molar-refractivity contribution in [1.29, 1.82) is 0 Å². The van der Waals surface area contributed by atoms with Crippen LogP contribution in [-0.2, 0) is 0 Å². The van der Waals surface area contributed by atoms with E-state index in [-0.39, 0.29) is 5.41 Å². The fourth-order valence-corrected chi connectivity index (χ4v) is 2.09. The zero-order valence-corrected chi connectivity index (χ0v) is 16.0. The third-order valence-electron chi connectivity index (χ3n) is 4.62. The second-order valence-electron chi connectivity index (χ2n) is 6.98. The average molecular weight is 336 g/mol. The highest BCUT2D eigenvalue weighted by Gasteiger charge is 2.26. The van der Waals surface area contributed by atoms with Crippen LogP contribution in [0.15, 0.2) is 58.7 Å². The van der Waals surface area contributed by atoms with Crippen LogP contribution in [0.5, 0.6) is 0 Å². The molecule has 0 amide bonds. The predicted molar refractivity (Wildman–Crippen MR) is 110 cm³/mol. The van der Waals surface area contributed by atoms with E-state index in [0.29, 0.717) is 0 Å². The minimum atomic E-state index is -0.255. The molecule has 0 atom stereocenters. The zero-order chi connectivity index (χ0) is 18.4. The quantitative estimate of drug-likeness (QED) is 0.532. The van der Waals surface area contributed by atoms with E-state index in [1.165, 1.54) is 11.1 Å². The first-order chi connectivity index (χ1) is 11.8. The Kier molecular flexibility index (Phi) is 5.97. The molecule has 0 saturated heterocycles. The number of benzene rings is 2. The Bertz CT molecular complexity index is 688. The Morgan fingerprint density at radius 3 is 1.32 bits per heavy atom. The summed E-state index contributed by atoms with van der Waals surface area (Å²) in [6.45, 7) is 12.4. The lowest BCUT2D eigenvalue weighted by Crippen LogP contribution is -2.31. The lowest BCUT2D eigenvalue weighted by Gasteiger charge is -2.24. The van der Waals surface area contributed by atoms with Gasteiger partial charge in [-0.05, 0) is 65.8 Å². The Morgan fingerprint density at radius 1 is 0.680 bits per heavy atom. The molecule has 0 saturated carbocycles. The van der Waals surface area contributed by atoms with E-state index in [1.807, 2.05) is 38.1 Å². The topological polar surface area (TPSA) is 48.8 Å². The minimum absolute atomic E-state index is 0.255. The summed E-state index contributed by atoms with van der Waals surface area (Å²) in [5.74, 6) is 0. The summed E-state index contributed by atoms with van der Waals surface area (Å²) in [6, 6.07) is 16.4. The van der Waals surface area contributed by atoms with Crippen LogP contribution in [0.4, 0.5) is 11.4 Å². The van der Waals surface area contributed by atoms with Gasteiger partial charge >= 0.3 is 0 Å². The molecule has 2 aromatic carbocycles. The molecule has 4 nitrogen and oxygen atoms in total. The van der Waals surface area contributed by atoms with E-state index < -0.39 is 0 Å². The van der Waals surface area contributed by atoms with Crippen molar-refractivity contribution in [2.45, 2.75) is 41.5 Å². The van der Waals surface area contributed by atoms with Gasteiger partial charge in [0.05, 0.1) is 11.4 Å². The molecule has 132 valence electrons. The largest absolute Gasteiger partial charge is 0.279 e. The monoisotopic (exact) mass is 336 g/mol. The van der Waals surface area contributed by atoms with Crippen molar-refractivity contribution in [3.63, 3.8) is 0 Å². The highest BCUT2D eigenvalue weighted by Crippen LogP contribution is 2.21. The standard InChI is InChI=1S/C21H28N4/c1-15-7-11-19(12-8-15)24-22-17(3)21(5,6)18(4)23-25-20-13-9-16(2)10-14-20/h7-14,24-25H,1-6H3/b22-17+,23-18+. The molecule has 0 aliphatic rings. The van der Waals surface area contributed by atoms with Crippen LogP contribution in [-0.4, -0.2) is 11.4 Å². The van der Waals surface area contributed by atoms with Crippen molar-refractivity contribution in [2.75, 3.05) is 10.9 Å². The smallest absolute Gasteiger partial charge is 0.0561 e. The fraction of sp³-hybridized carbons (Fsp3) is 0.333. The summed E-state index contributed by atoms with van der Waals surface area (Å²) < 4.78 is 0. The molecule has 0 spiro atoms. The second-order valence-corrected chi connectivity index (χ2v) is 6.98. The van der Waals surface area contributed by atoms with E-state index in [2.05, 4.69) is 73.0 Å². The van der Waals surface area contributed by atoms with Crippen LogP contribution < -0.4 is 10.9 Å². The van der Waals surface area contributed by atoms with Gasteiger partial charge in [-0.2, -0.15) is 10.2 Å². The van der Waals surface area contributed by atoms with Gasteiger partial charge in [0.2, 0.25) is 0 Å². The van der Waals surface area contributed by atoms with E-state index in [9.17, 15) is 0 Å². The predicted octanol–water partition coefficient (Wildman–Crippen LogP) is 5.61. The maximum absolute atomic E-state index is 4.54. The van der Waals surface area contributed by atoms with Crippen LogP contribution in [0.2, 0.25) is 0 Å². The molecule has 2 rings (SSSR count). The number of hydrazone groups is 2. The molecule has 2 aromatic rings. The van der Waals surface area contributed by atoms with E-state index >= 15 is 0 Å². The third kappa shape index (κ3) is 5.18. The lowest BCUT2D eigenvalue weighted by atomic mass is 9.84. The molecule has 0 bridgehead atoms. The van der Waals surface area contributed by atoms with Crippen LogP contribution in [0.3, 0.4) is 0 Å². The van der Waals surface area contributed by atoms with Gasteiger partial charge in [0.15, 0.2) is 0 Å². The van der Waals surface area contributed by atoms with Gasteiger partial charge < -0.3 is 0 Å². The molecule has 0 aromatic heterocycles. The maximum Gasteiger partial charge on any atom is 0.0561 e. The van der Waals surface area contributed by atoms with Gasteiger partial charge in [-0.25, -0.2) is 0 Å². The molecule has 0 fully saturated rings. The van der Waals surface area contributed by atoms with Gasteiger partial charge in [-0.15, -0.1) is 0 Å². The van der Waals surface area contributed by atoms with Crippen molar-refractivity contribution in [1.82, 2.24) is 0 Å². The minimum Gasteiger partial charge on any atom is -0.279 e. The molecule has 0 radical (unpaired) electrons. The number of nitrogens with one attached hydrogen (secondary N) is 2. The van der Waals surface area contributed by atoms with E-state index in [0.717, 1.165) is 22.8 Å². The SMILES string of the molecule is C/C(=N\Nc1ccc(C)cc1)C(C)(C)/C(C)=N/Nc1ccc(C)cc1. The molecule has 2 N–H and O–H groups in total. The van der Waals surface area contributed by atoms with Crippen molar-refractivity contribution in [2.24, 2.45) is 15.6 Å². The molecule has 0 heterocycles. The molecule has 4 heteroatoms. The molecule has 0 unspecified atom stereocenters. The van der Waals surface area contributed by atoms with Crippen molar-refractivity contribution in [3.8, 4) is 0 Å². The second kappa shape index (κ2) is 7.97. The molecule has 0 aliphatic carbocycles. The summed E-state index contributed by atoms with van der Waals surface area (Å²) in [5, 5.41) is 9.08. The molecular formula is C21H28N4. The highest BCUT2D eigenvalue weighted by molar-refractivity contribution is 6.09. The Labute approximate surface area is 151 Å². The van der Waals surface area contributed by atoms with Crippen LogP contribution in [0.25, 0.3) is 0 Å². The van der Waals surface area contributed by atoms with Crippen molar-refractivity contribution >= 4 is 22.8 Å². The van der Waals surface area contributed by atoms with Gasteiger partial charge in [0, 0.05) is 16.8 Å². The summed E-state index contributed by atoms with van der Waals surface area (Å²) >= 11 is 0. The Morgan fingerprint density at radius 2 is 1.00 bits per heavy atom. The molecule has 25 heavy (non-hydrogen) atoms. The van der Waals surface area contributed by atoms with Crippen molar-refractivity contribution in [3.05, 3.63) is 59.7 Å². The maximum atomic E-state index is 4.54. The first-order valence-corrected chi connectivity index (χ1v) is 8.54. The number of hydrogen-bond donors (Lipinski definition) is 2. The molecular weight excluding hydrogens is 308 g/mol. The normalized spacial score (nSPS) is 12.9. The van der Waals surface area contributed by atoms with Gasteiger partial charge in [-0.3, -0.25) is 10.9 Å². The first-order valence-electron chi connectivity index (χ1n) is 8.54. The number of hydrogen-bond acceptors (Lipinski definition) is 4. The summed E-state index contributed by atoms with van der Waals surface area (Å²) in [4.78, 5) is 0. The average Bonchev–Trinajstić information content (AvgIpc) is 2.60. The summed E-state index contributed by atoms with van der Waals surface area (Å²) in [5.41, 5.74) is 12.4. The zero-order valence-electron chi connectivity index (χ0n) is 16.0. The Balaban J connectivity index is 2.06. The molecule has 0 aliphatic heterocycles. The lowest BCUT2D eigenvalue weighted by molar-refractivity contribution is 0.714. The number of anilines is 2. The van der Waals surface area contributed by atoms with Crippen LogP contribution in [0.1, 0.15) is 38.8 Å². The van der Waals surface area contributed by atoms with Gasteiger partial charge in [0.1, 0.15) is 0 Å². The van der Waals surface area contributed by atoms with Gasteiger partial charge in [0.25, 0.3) is 0 Å². The highest BCUT2D eigenvalue weighted by atomic mass is 15.3. The van der Waals surface area contributed by atoms with Crippen molar-refractivity contribution < 1.29 is 0 Å². The van der Waals surface area contributed by atoms with E-state index in [1.54, 1.807) is 0 Å². The summed E-state index contributed by atoms with van der Waals surface area (Å²) in [6.07, 6.45) is 0. The summed E-state index contributed by atoms with van der Waals surface area (Å²) in [7, 11) is 0. The number of nitrogens with zero attached hydrogens (tertiary/aromatic N) is 2. The first kappa shape index (κ1) is 18.7. The Hall–Kier alpha value is -2.62. The fourth-order valence-electron chi connectivity index (χ4n) is 2.09. The third-order valence-corrected chi connectivity index (χ3v) is 4.62. The van der Waals surface area contributed by atoms with Crippen LogP contribution >= 0.6 is 0 Å². The van der Waals surface area contributed by atoms with E-state index in [4.69, 9.17) is 0 Å². The van der Waals surface area contributed by atoms with Crippen LogP contribution in [0, 0.1) is 19.3 Å². The number of aryl methyl sites for hydroxylation is 2. The van der Waals surface area contributed by atoms with Gasteiger partial charge in [-0.1, -0.05) is 35.4 Å². The number of rotatable bonds is 6.